The molecule has 1 amide bonds. The summed E-state index contributed by atoms with van der Waals surface area (Å²) in [5.41, 5.74) is 0.806. The first-order chi connectivity index (χ1) is 11.1. The second kappa shape index (κ2) is 8.05. The summed E-state index contributed by atoms with van der Waals surface area (Å²) in [4.78, 5) is 35.7. The zero-order valence-corrected chi connectivity index (χ0v) is 13.3. The number of carbonyl (C=O) groups is 3. The van der Waals surface area contributed by atoms with Gasteiger partial charge in [0.2, 0.25) is 0 Å². The molecule has 1 heterocycles. The Balaban J connectivity index is 1.86. The summed E-state index contributed by atoms with van der Waals surface area (Å²) in [6, 6.07) is 10.4. The van der Waals surface area contributed by atoms with Gasteiger partial charge in [-0.05, 0) is 36.6 Å². The van der Waals surface area contributed by atoms with Gasteiger partial charge in [-0.25, -0.2) is 4.79 Å². The number of benzene rings is 1. The van der Waals surface area contributed by atoms with Gasteiger partial charge < -0.3 is 10.1 Å². The molecule has 2 rings (SSSR count). The van der Waals surface area contributed by atoms with Gasteiger partial charge >= 0.3 is 5.97 Å². The molecule has 2 aromatic rings. The lowest BCUT2D eigenvalue weighted by molar-refractivity contribution is -0.142. The van der Waals surface area contributed by atoms with E-state index >= 15 is 0 Å². The van der Waals surface area contributed by atoms with Crippen LogP contribution in [0.2, 0.25) is 0 Å². The number of amides is 1. The highest BCUT2D eigenvalue weighted by Crippen LogP contribution is 2.15. The van der Waals surface area contributed by atoms with E-state index in [9.17, 15) is 14.4 Å². The van der Waals surface area contributed by atoms with Crippen molar-refractivity contribution < 1.29 is 19.1 Å². The summed E-state index contributed by atoms with van der Waals surface area (Å²) < 4.78 is 4.86. The minimum Gasteiger partial charge on any atom is -0.452 e. The van der Waals surface area contributed by atoms with Gasteiger partial charge in [0.25, 0.3) is 5.91 Å². The number of carbonyl (C=O) groups excluding carboxylic acids is 3. The van der Waals surface area contributed by atoms with E-state index in [1.54, 1.807) is 30.3 Å². The normalized spacial score (nSPS) is 10.5. The lowest BCUT2D eigenvalue weighted by Crippen LogP contribution is -2.21. The summed E-state index contributed by atoms with van der Waals surface area (Å²) in [7, 11) is 0. The number of ether oxygens (including phenoxy) is 1. The van der Waals surface area contributed by atoms with Crippen molar-refractivity contribution in [3.8, 4) is 0 Å². The van der Waals surface area contributed by atoms with E-state index in [2.05, 4.69) is 5.32 Å². The molecule has 0 fully saturated rings. The average molecular weight is 329 g/mol. The van der Waals surface area contributed by atoms with Crippen molar-refractivity contribution in [1.82, 2.24) is 0 Å². The number of rotatable bonds is 6. The van der Waals surface area contributed by atoms with E-state index in [-0.39, 0.29) is 5.78 Å². The smallest absolute Gasteiger partial charge is 0.331 e. The molecule has 0 aliphatic carbocycles. The van der Waals surface area contributed by atoms with Crippen molar-refractivity contribution in [3.05, 3.63) is 58.3 Å². The number of anilines is 1. The van der Waals surface area contributed by atoms with Crippen molar-refractivity contribution >= 4 is 40.8 Å². The fourth-order valence-corrected chi connectivity index (χ4v) is 2.42. The predicted octanol–water partition coefficient (Wildman–Crippen LogP) is 3.15. The molecule has 0 saturated heterocycles. The largest absolute Gasteiger partial charge is 0.452 e. The standard InChI is InChI=1S/C17H15NO4S/c1-12(19)14-6-2-3-7-15(14)18-16(20)11-22-17(21)9-8-13-5-4-10-23-13/h2-10H,11H2,1H3,(H,18,20). The van der Waals surface area contributed by atoms with E-state index in [0.29, 0.717) is 11.3 Å². The van der Waals surface area contributed by atoms with Crippen LogP contribution in [-0.2, 0) is 14.3 Å². The van der Waals surface area contributed by atoms with E-state index in [1.165, 1.54) is 24.3 Å². The molecule has 5 nitrogen and oxygen atoms in total. The maximum Gasteiger partial charge on any atom is 0.331 e. The van der Waals surface area contributed by atoms with Gasteiger partial charge in [0, 0.05) is 16.5 Å². The maximum absolute atomic E-state index is 11.8. The van der Waals surface area contributed by atoms with Crippen LogP contribution < -0.4 is 5.32 Å². The second-order valence-corrected chi connectivity index (χ2v) is 5.59. The van der Waals surface area contributed by atoms with Crippen LogP contribution in [0.15, 0.2) is 47.9 Å². The topological polar surface area (TPSA) is 72.5 Å². The Bertz CT molecular complexity index is 735. The van der Waals surface area contributed by atoms with Gasteiger partial charge in [-0.2, -0.15) is 0 Å². The van der Waals surface area contributed by atoms with Gasteiger partial charge in [-0.15, -0.1) is 11.3 Å². The number of esters is 1. The lowest BCUT2D eigenvalue weighted by Gasteiger charge is -2.08. The Kier molecular flexibility index (Phi) is 5.82. The zero-order valence-electron chi connectivity index (χ0n) is 12.4. The molecule has 0 spiro atoms. The van der Waals surface area contributed by atoms with Gasteiger partial charge in [-0.3, -0.25) is 9.59 Å². The van der Waals surface area contributed by atoms with Crippen molar-refractivity contribution in [2.75, 3.05) is 11.9 Å². The van der Waals surface area contributed by atoms with Crippen molar-refractivity contribution in [3.63, 3.8) is 0 Å². The van der Waals surface area contributed by atoms with Crippen LogP contribution in [0.5, 0.6) is 0 Å². The van der Waals surface area contributed by atoms with Gasteiger partial charge in [-0.1, -0.05) is 18.2 Å². The van der Waals surface area contributed by atoms with E-state index in [0.717, 1.165) is 4.88 Å². The van der Waals surface area contributed by atoms with Crippen LogP contribution in [-0.4, -0.2) is 24.3 Å². The Morgan fingerprint density at radius 3 is 2.65 bits per heavy atom. The molecular weight excluding hydrogens is 314 g/mol. The molecule has 0 radical (unpaired) electrons. The molecule has 0 aliphatic heterocycles. The summed E-state index contributed by atoms with van der Waals surface area (Å²) >= 11 is 1.49. The quantitative estimate of drug-likeness (QED) is 0.502. The van der Waals surface area contributed by atoms with Crippen LogP contribution >= 0.6 is 11.3 Å². The van der Waals surface area contributed by atoms with Gasteiger partial charge in [0.1, 0.15) is 0 Å². The highest BCUT2D eigenvalue weighted by Gasteiger charge is 2.10. The van der Waals surface area contributed by atoms with Gasteiger partial charge in [0.05, 0.1) is 5.69 Å². The predicted molar refractivity (Wildman–Crippen MR) is 89.4 cm³/mol. The zero-order chi connectivity index (χ0) is 16.7. The first kappa shape index (κ1) is 16.6. The summed E-state index contributed by atoms with van der Waals surface area (Å²) in [5.74, 6) is -1.26. The monoisotopic (exact) mass is 329 g/mol. The SMILES string of the molecule is CC(=O)c1ccccc1NC(=O)COC(=O)C=Cc1cccs1. The molecule has 0 saturated carbocycles. The number of para-hydroxylation sites is 1. The molecule has 23 heavy (non-hydrogen) atoms. The van der Waals surface area contributed by atoms with Crippen molar-refractivity contribution in [1.29, 1.82) is 0 Å². The van der Waals surface area contributed by atoms with E-state index < -0.39 is 18.5 Å². The van der Waals surface area contributed by atoms with Crippen molar-refractivity contribution in [2.45, 2.75) is 6.92 Å². The highest BCUT2D eigenvalue weighted by atomic mass is 32.1. The molecular formula is C17H15NO4S. The third-order valence-electron chi connectivity index (χ3n) is 2.85. The molecule has 1 N–H and O–H groups in total. The first-order valence-electron chi connectivity index (χ1n) is 6.84. The number of Topliss-reactive ketones (excluding diaryl/α,β-unsaturated/α-hetero) is 1. The van der Waals surface area contributed by atoms with Crippen molar-refractivity contribution in [2.24, 2.45) is 0 Å². The van der Waals surface area contributed by atoms with E-state index in [1.807, 2.05) is 17.5 Å². The maximum atomic E-state index is 11.8. The van der Waals surface area contributed by atoms with Crippen LogP contribution in [0.3, 0.4) is 0 Å². The molecule has 1 aromatic heterocycles. The van der Waals surface area contributed by atoms with Crippen LogP contribution in [0.4, 0.5) is 5.69 Å². The third kappa shape index (κ3) is 5.19. The summed E-state index contributed by atoms with van der Waals surface area (Å²) in [6.45, 7) is 1.00. The molecule has 6 heteroatoms. The van der Waals surface area contributed by atoms with Crippen LogP contribution in [0.25, 0.3) is 6.08 Å². The summed E-state index contributed by atoms with van der Waals surface area (Å²) in [5, 5.41) is 4.45. The number of hydrogen-bond acceptors (Lipinski definition) is 5. The molecule has 0 unspecified atom stereocenters. The second-order valence-electron chi connectivity index (χ2n) is 4.61. The fraction of sp³-hybridized carbons (Fsp3) is 0.118. The first-order valence-corrected chi connectivity index (χ1v) is 7.72. The Labute approximate surface area is 137 Å². The van der Waals surface area contributed by atoms with Crippen LogP contribution in [0, 0.1) is 0 Å². The Hall–Kier alpha value is -2.73. The number of ketones is 1. The minimum absolute atomic E-state index is 0.156. The average Bonchev–Trinajstić information content (AvgIpc) is 3.04. The molecule has 0 atom stereocenters. The Morgan fingerprint density at radius 1 is 1.17 bits per heavy atom. The van der Waals surface area contributed by atoms with Gasteiger partial charge in [0.15, 0.2) is 12.4 Å². The van der Waals surface area contributed by atoms with E-state index in [4.69, 9.17) is 4.74 Å². The molecule has 0 aliphatic rings. The fourth-order valence-electron chi connectivity index (χ4n) is 1.81. The highest BCUT2D eigenvalue weighted by molar-refractivity contribution is 7.10. The van der Waals surface area contributed by atoms with Crippen LogP contribution in [0.1, 0.15) is 22.2 Å². The molecule has 0 bridgehead atoms. The molecule has 1 aromatic carbocycles. The third-order valence-corrected chi connectivity index (χ3v) is 3.69. The number of nitrogens with one attached hydrogen (secondary N) is 1. The minimum atomic E-state index is -0.603. The lowest BCUT2D eigenvalue weighted by atomic mass is 10.1. The Morgan fingerprint density at radius 2 is 1.96 bits per heavy atom. The molecule has 118 valence electrons. The summed E-state index contributed by atoms with van der Waals surface area (Å²) in [6.07, 6.45) is 2.89. The number of hydrogen-bond donors (Lipinski definition) is 1. The number of thiophene rings is 1.